The van der Waals surface area contributed by atoms with Crippen molar-refractivity contribution in [1.82, 2.24) is 0 Å². The van der Waals surface area contributed by atoms with E-state index in [0.717, 1.165) is 0 Å². The van der Waals surface area contributed by atoms with E-state index in [1.807, 2.05) is 0 Å². The van der Waals surface area contributed by atoms with Crippen LogP contribution >= 0.6 is 0 Å². The van der Waals surface area contributed by atoms with Gasteiger partial charge < -0.3 is 4.74 Å². The number of hydrogen-bond acceptors (Lipinski definition) is 2. The predicted octanol–water partition coefficient (Wildman–Crippen LogP) is 2.20. The number of ether oxygens (including phenoxy) is 1. The fraction of sp³-hybridized carbons (Fsp3) is 0.222. The van der Waals surface area contributed by atoms with Crippen LogP contribution in [0.1, 0.15) is 17.3 Å². The van der Waals surface area contributed by atoms with Gasteiger partial charge in [0.15, 0.2) is 5.78 Å². The molecule has 0 heterocycles. The number of carbonyl (C=O) groups is 1. The van der Waals surface area contributed by atoms with Gasteiger partial charge in [-0.2, -0.15) is 0 Å². The van der Waals surface area contributed by atoms with Gasteiger partial charge in [0.1, 0.15) is 5.75 Å². The van der Waals surface area contributed by atoms with Crippen LogP contribution in [0, 0.1) is 0 Å². The standard InChI is InChI=1S/C9H9FO2/c1-7(11)8-2-4-9(5-3-8)12-6-10/h2-5H,6H2,1H3. The summed E-state index contributed by atoms with van der Waals surface area (Å²) in [4.78, 5) is 10.8. The van der Waals surface area contributed by atoms with E-state index in [9.17, 15) is 9.18 Å². The second-order valence-electron chi connectivity index (χ2n) is 2.33. The quantitative estimate of drug-likeness (QED) is 0.646. The molecule has 3 heteroatoms. The molecule has 0 unspecified atom stereocenters. The number of benzene rings is 1. The van der Waals surface area contributed by atoms with E-state index in [1.165, 1.54) is 6.92 Å². The Morgan fingerprint density at radius 1 is 1.42 bits per heavy atom. The molecule has 0 N–H and O–H groups in total. The van der Waals surface area contributed by atoms with E-state index in [4.69, 9.17) is 0 Å². The average molecular weight is 168 g/mol. The van der Waals surface area contributed by atoms with Crippen molar-refractivity contribution in [2.24, 2.45) is 0 Å². The van der Waals surface area contributed by atoms with Gasteiger partial charge in [0.2, 0.25) is 6.86 Å². The molecule has 0 saturated heterocycles. The Morgan fingerprint density at radius 3 is 2.42 bits per heavy atom. The fourth-order valence-electron chi connectivity index (χ4n) is 0.849. The van der Waals surface area contributed by atoms with Gasteiger partial charge in [0.05, 0.1) is 0 Å². The van der Waals surface area contributed by atoms with Crippen LogP contribution < -0.4 is 4.74 Å². The monoisotopic (exact) mass is 168 g/mol. The molecule has 12 heavy (non-hydrogen) atoms. The maximum absolute atomic E-state index is 11.6. The molecule has 1 rings (SSSR count). The molecule has 0 saturated carbocycles. The minimum absolute atomic E-state index is 0.0122. The van der Waals surface area contributed by atoms with E-state index in [-0.39, 0.29) is 5.78 Å². The van der Waals surface area contributed by atoms with Crippen molar-refractivity contribution in [3.63, 3.8) is 0 Å². The number of ketones is 1. The van der Waals surface area contributed by atoms with Crippen LogP contribution in [-0.4, -0.2) is 12.6 Å². The van der Waals surface area contributed by atoms with E-state index in [1.54, 1.807) is 24.3 Å². The lowest BCUT2D eigenvalue weighted by atomic mass is 10.1. The van der Waals surface area contributed by atoms with Gasteiger partial charge in [-0.15, -0.1) is 0 Å². The third kappa shape index (κ3) is 2.05. The number of alkyl halides is 1. The lowest BCUT2D eigenvalue weighted by molar-refractivity contribution is 0.101. The van der Waals surface area contributed by atoms with Crippen molar-refractivity contribution in [2.45, 2.75) is 6.92 Å². The minimum Gasteiger partial charge on any atom is -0.463 e. The molecule has 1 aromatic rings. The molecule has 2 nitrogen and oxygen atoms in total. The Bertz CT molecular complexity index is 266. The molecule has 1 aromatic carbocycles. The van der Waals surface area contributed by atoms with Crippen LogP contribution in [0.2, 0.25) is 0 Å². The molecule has 0 radical (unpaired) electrons. The molecular formula is C9H9FO2. The topological polar surface area (TPSA) is 26.3 Å². The van der Waals surface area contributed by atoms with E-state index < -0.39 is 6.86 Å². The van der Waals surface area contributed by atoms with Gasteiger partial charge in [-0.3, -0.25) is 4.79 Å². The highest BCUT2D eigenvalue weighted by atomic mass is 19.1. The highest BCUT2D eigenvalue weighted by Crippen LogP contribution is 2.12. The van der Waals surface area contributed by atoms with Gasteiger partial charge in [0.25, 0.3) is 0 Å². The maximum atomic E-state index is 11.6. The summed E-state index contributed by atoms with van der Waals surface area (Å²) in [7, 11) is 0. The van der Waals surface area contributed by atoms with Crippen LogP contribution in [0.15, 0.2) is 24.3 Å². The van der Waals surface area contributed by atoms with Gasteiger partial charge in [-0.25, -0.2) is 4.39 Å². The summed E-state index contributed by atoms with van der Waals surface area (Å²) in [6.07, 6.45) is 0. The average Bonchev–Trinajstić information content (AvgIpc) is 2.06. The minimum atomic E-state index is -0.848. The summed E-state index contributed by atoms with van der Waals surface area (Å²) < 4.78 is 16.2. The zero-order chi connectivity index (χ0) is 8.97. The van der Waals surface area contributed by atoms with Crippen molar-refractivity contribution < 1.29 is 13.9 Å². The fourth-order valence-corrected chi connectivity index (χ4v) is 0.849. The highest BCUT2D eigenvalue weighted by molar-refractivity contribution is 5.94. The van der Waals surface area contributed by atoms with Crippen molar-refractivity contribution in [3.8, 4) is 5.75 Å². The number of rotatable bonds is 3. The number of halogens is 1. The molecule has 0 aliphatic carbocycles. The summed E-state index contributed by atoms with van der Waals surface area (Å²) >= 11 is 0. The number of carbonyl (C=O) groups excluding carboxylic acids is 1. The first-order chi connectivity index (χ1) is 5.74. The maximum Gasteiger partial charge on any atom is 0.228 e. The first-order valence-corrected chi connectivity index (χ1v) is 3.54. The van der Waals surface area contributed by atoms with Crippen LogP contribution in [-0.2, 0) is 0 Å². The van der Waals surface area contributed by atoms with E-state index >= 15 is 0 Å². The Hall–Kier alpha value is -1.38. The smallest absolute Gasteiger partial charge is 0.228 e. The largest absolute Gasteiger partial charge is 0.463 e. The Morgan fingerprint density at radius 2 is 2.00 bits per heavy atom. The summed E-state index contributed by atoms with van der Waals surface area (Å²) in [5.41, 5.74) is 0.598. The SMILES string of the molecule is CC(=O)c1ccc(OCF)cc1. The zero-order valence-corrected chi connectivity index (χ0v) is 6.71. The van der Waals surface area contributed by atoms with E-state index in [0.29, 0.717) is 11.3 Å². The van der Waals surface area contributed by atoms with Crippen molar-refractivity contribution >= 4 is 5.78 Å². The van der Waals surface area contributed by atoms with Crippen LogP contribution in [0.5, 0.6) is 5.75 Å². The predicted molar refractivity (Wildman–Crippen MR) is 43.0 cm³/mol. The zero-order valence-electron chi connectivity index (χ0n) is 6.71. The summed E-state index contributed by atoms with van der Waals surface area (Å²) in [5.74, 6) is 0.421. The second-order valence-corrected chi connectivity index (χ2v) is 2.33. The molecule has 64 valence electrons. The van der Waals surface area contributed by atoms with Crippen LogP contribution in [0.4, 0.5) is 4.39 Å². The van der Waals surface area contributed by atoms with Gasteiger partial charge in [-0.1, -0.05) is 0 Å². The van der Waals surface area contributed by atoms with E-state index in [2.05, 4.69) is 4.74 Å². The van der Waals surface area contributed by atoms with Crippen LogP contribution in [0.25, 0.3) is 0 Å². The van der Waals surface area contributed by atoms with Gasteiger partial charge >= 0.3 is 0 Å². The molecule has 0 spiro atoms. The highest BCUT2D eigenvalue weighted by Gasteiger charge is 1.98. The molecular weight excluding hydrogens is 159 g/mol. The molecule has 0 atom stereocenters. The third-order valence-corrected chi connectivity index (χ3v) is 1.48. The van der Waals surface area contributed by atoms with Gasteiger partial charge in [-0.05, 0) is 31.2 Å². The molecule has 0 aliphatic heterocycles. The first kappa shape index (κ1) is 8.71. The van der Waals surface area contributed by atoms with Crippen molar-refractivity contribution in [3.05, 3.63) is 29.8 Å². The van der Waals surface area contributed by atoms with Crippen molar-refractivity contribution in [2.75, 3.05) is 6.86 Å². The summed E-state index contributed by atoms with van der Waals surface area (Å²) in [5, 5.41) is 0. The molecule has 0 aliphatic rings. The van der Waals surface area contributed by atoms with Crippen LogP contribution in [0.3, 0.4) is 0 Å². The summed E-state index contributed by atoms with van der Waals surface area (Å²) in [6, 6.07) is 6.34. The van der Waals surface area contributed by atoms with Gasteiger partial charge in [0, 0.05) is 5.56 Å². The second kappa shape index (κ2) is 3.85. The molecule has 0 amide bonds. The summed E-state index contributed by atoms with van der Waals surface area (Å²) in [6.45, 7) is 0.629. The first-order valence-electron chi connectivity index (χ1n) is 3.54. The Balaban J connectivity index is 2.78. The lowest BCUT2D eigenvalue weighted by Crippen LogP contribution is -1.93. The lowest BCUT2D eigenvalue weighted by Gasteiger charge is -2.00. The molecule has 0 fully saturated rings. The molecule has 0 aromatic heterocycles. The number of hydrogen-bond donors (Lipinski definition) is 0. The molecule has 0 bridgehead atoms. The Kier molecular flexibility index (Phi) is 2.80. The Labute approximate surface area is 70.0 Å². The van der Waals surface area contributed by atoms with Crippen molar-refractivity contribution in [1.29, 1.82) is 0 Å². The number of Topliss-reactive ketones (excluding diaryl/α,β-unsaturated/α-hetero) is 1. The third-order valence-electron chi connectivity index (χ3n) is 1.48. The normalized spacial score (nSPS) is 9.50.